The minimum absolute atomic E-state index is 0.192. The summed E-state index contributed by atoms with van der Waals surface area (Å²) < 4.78 is 5.16. The molecule has 0 bridgehead atoms. The van der Waals surface area contributed by atoms with Gasteiger partial charge in [-0.1, -0.05) is 60.1 Å². The minimum atomic E-state index is -0.431. The molecule has 0 aliphatic heterocycles. The number of aromatic amines is 1. The van der Waals surface area contributed by atoms with Gasteiger partial charge in [-0.2, -0.15) is 5.16 Å². The number of hydrogen-bond donors (Lipinski definition) is 2. The lowest BCUT2D eigenvalue weighted by atomic mass is 9.94. The number of benzene rings is 2. The fourth-order valence-corrected chi connectivity index (χ4v) is 4.10. The van der Waals surface area contributed by atoms with E-state index in [1.807, 2.05) is 53.9 Å². The topological polar surface area (TPSA) is 88.0 Å². The van der Waals surface area contributed by atoms with Gasteiger partial charge in [-0.05, 0) is 18.1 Å². The number of thiazole rings is 1. The molecule has 2 heterocycles. The summed E-state index contributed by atoms with van der Waals surface area (Å²) in [7, 11) is 0. The van der Waals surface area contributed by atoms with Crippen molar-refractivity contribution < 1.29 is 9.32 Å². The lowest BCUT2D eigenvalue weighted by Gasteiger charge is -2.14. The van der Waals surface area contributed by atoms with E-state index in [0.29, 0.717) is 34.5 Å². The minimum Gasteiger partial charge on any atom is -0.384 e. The van der Waals surface area contributed by atoms with Gasteiger partial charge < -0.3 is 9.84 Å². The number of H-pyrrole nitrogens is 1. The van der Waals surface area contributed by atoms with Gasteiger partial charge in [0.25, 0.3) is 5.56 Å². The van der Waals surface area contributed by atoms with Gasteiger partial charge in [0.2, 0.25) is 5.91 Å². The SMILES string of the molecule is O=C(Nc1nc(-c2ccccc2Cl)cs1)[C@H](Cc1ccccc1)Cc1cc(=O)[nH]o1. The maximum Gasteiger partial charge on any atom is 0.280 e. The van der Waals surface area contributed by atoms with Crippen LogP contribution in [0.3, 0.4) is 0 Å². The van der Waals surface area contributed by atoms with Crippen molar-refractivity contribution in [2.24, 2.45) is 5.92 Å². The fourth-order valence-electron chi connectivity index (χ4n) is 3.15. The molecule has 1 amide bonds. The standard InChI is InChI=1S/C22H18ClN3O3S/c23-18-9-5-4-8-17(18)19-13-30-22(24-19)25-21(28)15(10-14-6-2-1-3-7-14)11-16-12-20(27)26-29-16/h1-9,12-13,15H,10-11H2,(H,26,27)(H,24,25,28)/t15-/m1/s1. The number of nitrogens with zero attached hydrogens (tertiary/aromatic N) is 1. The summed E-state index contributed by atoms with van der Waals surface area (Å²) in [5.41, 5.74) is 2.21. The second-order valence-electron chi connectivity index (χ2n) is 6.78. The van der Waals surface area contributed by atoms with Crippen molar-refractivity contribution in [3.05, 3.63) is 92.7 Å². The highest BCUT2D eigenvalue weighted by atomic mass is 35.5. The van der Waals surface area contributed by atoms with Crippen molar-refractivity contribution in [3.63, 3.8) is 0 Å². The normalized spacial score (nSPS) is 11.9. The van der Waals surface area contributed by atoms with Gasteiger partial charge >= 0.3 is 0 Å². The number of carbonyl (C=O) groups excluding carboxylic acids is 1. The van der Waals surface area contributed by atoms with Gasteiger partial charge in [0.1, 0.15) is 5.76 Å². The van der Waals surface area contributed by atoms with Gasteiger partial charge in [0.05, 0.1) is 5.69 Å². The van der Waals surface area contributed by atoms with E-state index in [9.17, 15) is 9.59 Å². The molecule has 0 aliphatic rings. The molecular formula is C22H18ClN3O3S. The first-order chi connectivity index (χ1) is 14.6. The van der Waals surface area contributed by atoms with Crippen LogP contribution in [0.5, 0.6) is 0 Å². The second-order valence-corrected chi connectivity index (χ2v) is 8.04. The van der Waals surface area contributed by atoms with Crippen LogP contribution in [0.25, 0.3) is 11.3 Å². The molecule has 152 valence electrons. The molecule has 4 aromatic rings. The average Bonchev–Trinajstić information content (AvgIpc) is 3.37. The number of halogens is 1. The molecule has 0 saturated carbocycles. The molecule has 4 rings (SSSR count). The highest BCUT2D eigenvalue weighted by Gasteiger charge is 2.23. The van der Waals surface area contributed by atoms with Crippen LogP contribution in [-0.2, 0) is 17.6 Å². The van der Waals surface area contributed by atoms with E-state index in [4.69, 9.17) is 16.1 Å². The molecule has 0 spiro atoms. The van der Waals surface area contributed by atoms with Crippen LogP contribution in [0.4, 0.5) is 5.13 Å². The van der Waals surface area contributed by atoms with Gasteiger partial charge in [-0.3, -0.25) is 9.59 Å². The first kappa shape index (κ1) is 20.1. The van der Waals surface area contributed by atoms with Crippen LogP contribution >= 0.6 is 22.9 Å². The Kier molecular flexibility index (Phi) is 6.11. The number of nitrogens with one attached hydrogen (secondary N) is 2. The Labute approximate surface area is 181 Å². The molecule has 0 radical (unpaired) electrons. The number of anilines is 1. The molecule has 0 saturated heterocycles. The quantitative estimate of drug-likeness (QED) is 0.433. The third kappa shape index (κ3) is 4.87. The Morgan fingerprint density at radius 3 is 2.63 bits per heavy atom. The molecule has 1 atom stereocenters. The Bertz CT molecular complexity index is 1200. The first-order valence-electron chi connectivity index (χ1n) is 9.31. The average molecular weight is 440 g/mol. The van der Waals surface area contributed by atoms with Crippen molar-refractivity contribution in [3.8, 4) is 11.3 Å². The molecule has 0 aliphatic carbocycles. The number of carbonyl (C=O) groups is 1. The van der Waals surface area contributed by atoms with E-state index < -0.39 is 5.92 Å². The van der Waals surface area contributed by atoms with Gasteiger partial charge in [0, 0.05) is 34.4 Å². The summed E-state index contributed by atoms with van der Waals surface area (Å²) in [6.45, 7) is 0. The third-order valence-corrected chi connectivity index (χ3v) is 5.69. The zero-order chi connectivity index (χ0) is 20.9. The van der Waals surface area contributed by atoms with Crippen molar-refractivity contribution in [1.82, 2.24) is 10.1 Å². The van der Waals surface area contributed by atoms with Gasteiger partial charge in [0.15, 0.2) is 5.13 Å². The van der Waals surface area contributed by atoms with E-state index in [0.717, 1.165) is 11.1 Å². The smallest absolute Gasteiger partial charge is 0.280 e. The zero-order valence-corrected chi connectivity index (χ0v) is 17.4. The van der Waals surface area contributed by atoms with Crippen LogP contribution in [0, 0.1) is 5.92 Å². The maximum absolute atomic E-state index is 13.0. The van der Waals surface area contributed by atoms with E-state index in [1.165, 1.54) is 17.4 Å². The highest BCUT2D eigenvalue weighted by molar-refractivity contribution is 7.14. The maximum atomic E-state index is 13.0. The molecule has 2 N–H and O–H groups in total. The van der Waals surface area contributed by atoms with Crippen molar-refractivity contribution >= 4 is 34.0 Å². The predicted octanol–water partition coefficient (Wildman–Crippen LogP) is 4.78. The molecule has 0 unspecified atom stereocenters. The van der Waals surface area contributed by atoms with Crippen molar-refractivity contribution in [2.75, 3.05) is 5.32 Å². The molecule has 6 nitrogen and oxygen atoms in total. The second kappa shape index (κ2) is 9.11. The van der Waals surface area contributed by atoms with Crippen molar-refractivity contribution in [1.29, 1.82) is 0 Å². The Hall–Kier alpha value is -3.16. The van der Waals surface area contributed by atoms with Gasteiger partial charge in [-0.25, -0.2) is 4.98 Å². The lowest BCUT2D eigenvalue weighted by Crippen LogP contribution is -2.26. The molecule has 2 aromatic carbocycles. The summed E-state index contributed by atoms with van der Waals surface area (Å²) >= 11 is 7.58. The third-order valence-electron chi connectivity index (χ3n) is 4.60. The van der Waals surface area contributed by atoms with Crippen LogP contribution in [-0.4, -0.2) is 16.0 Å². The van der Waals surface area contributed by atoms with Crippen LogP contribution in [0.2, 0.25) is 5.02 Å². The summed E-state index contributed by atoms with van der Waals surface area (Å²) in [5.74, 6) is -0.186. The highest BCUT2D eigenvalue weighted by Crippen LogP contribution is 2.30. The summed E-state index contributed by atoms with van der Waals surface area (Å²) in [4.78, 5) is 28.9. The number of hydrogen-bond acceptors (Lipinski definition) is 5. The first-order valence-corrected chi connectivity index (χ1v) is 10.6. The van der Waals surface area contributed by atoms with Crippen LogP contribution < -0.4 is 10.9 Å². The van der Waals surface area contributed by atoms with E-state index in [-0.39, 0.29) is 11.5 Å². The molecular weight excluding hydrogens is 422 g/mol. The number of rotatable bonds is 7. The Balaban J connectivity index is 1.52. The predicted molar refractivity (Wildman–Crippen MR) is 118 cm³/mol. The summed E-state index contributed by atoms with van der Waals surface area (Å²) in [6, 6.07) is 18.5. The monoisotopic (exact) mass is 439 g/mol. The molecule has 0 fully saturated rings. The van der Waals surface area contributed by atoms with Crippen molar-refractivity contribution in [2.45, 2.75) is 12.8 Å². The number of aromatic nitrogens is 2. The lowest BCUT2D eigenvalue weighted by molar-refractivity contribution is -0.120. The Morgan fingerprint density at radius 2 is 1.90 bits per heavy atom. The summed E-state index contributed by atoms with van der Waals surface area (Å²) in [5, 5.41) is 8.11. The molecule has 2 aromatic heterocycles. The molecule has 30 heavy (non-hydrogen) atoms. The summed E-state index contributed by atoms with van der Waals surface area (Å²) in [6.07, 6.45) is 0.798. The van der Waals surface area contributed by atoms with E-state index in [1.54, 1.807) is 6.07 Å². The van der Waals surface area contributed by atoms with Gasteiger partial charge in [-0.15, -0.1) is 11.3 Å². The zero-order valence-electron chi connectivity index (χ0n) is 15.8. The fraction of sp³-hybridized carbons (Fsp3) is 0.136. The Morgan fingerprint density at radius 1 is 1.13 bits per heavy atom. The van der Waals surface area contributed by atoms with E-state index in [2.05, 4.69) is 15.5 Å². The van der Waals surface area contributed by atoms with Crippen LogP contribution in [0.15, 0.2) is 75.4 Å². The largest absolute Gasteiger partial charge is 0.384 e. The van der Waals surface area contributed by atoms with Crippen LogP contribution in [0.1, 0.15) is 11.3 Å². The number of amides is 1. The van der Waals surface area contributed by atoms with E-state index >= 15 is 0 Å². The molecule has 8 heteroatoms.